The monoisotopic (exact) mass is 499 g/mol. The van der Waals surface area contributed by atoms with Crippen LogP contribution in [0.2, 0.25) is 0 Å². The maximum Gasteiger partial charge on any atom is 0.309 e. The highest BCUT2D eigenvalue weighted by molar-refractivity contribution is 6.06. The van der Waals surface area contributed by atoms with Gasteiger partial charge in [0.25, 0.3) is 0 Å². The number of nitrogens with one attached hydrogen (secondary N) is 3. The van der Waals surface area contributed by atoms with Gasteiger partial charge in [0.2, 0.25) is 11.8 Å². The van der Waals surface area contributed by atoms with Crippen molar-refractivity contribution < 1.29 is 23.9 Å². The SMILES string of the molecule is COC(=O)Cc1ccc2c(c1)NC(=O)CCCCCC(C(=O)NCC1CCN(C(=N)N)CC1)CC2=O. The standard InChI is InChI=1S/C26H37N5O5/c1-36-24(34)14-18-7-8-20-21(13-18)30-23(33)6-4-2-3-5-19(15-22(20)32)25(35)29-16-17-9-11-31(12-10-17)26(27)28/h7-8,13,17,19H,2-6,9-12,14-16H2,1H3,(H3,27,28)(H,29,35)(H,30,33). The summed E-state index contributed by atoms with van der Waals surface area (Å²) in [4.78, 5) is 52.3. The van der Waals surface area contributed by atoms with Crippen molar-refractivity contribution in [2.45, 2.75) is 57.8 Å². The summed E-state index contributed by atoms with van der Waals surface area (Å²) in [5.74, 6) is -0.983. The molecule has 10 heteroatoms. The van der Waals surface area contributed by atoms with Crippen molar-refractivity contribution in [3.8, 4) is 0 Å². The van der Waals surface area contributed by atoms with E-state index in [1.807, 2.05) is 4.90 Å². The Morgan fingerprint density at radius 3 is 2.61 bits per heavy atom. The number of rotatable bonds is 5. The molecule has 1 atom stereocenters. The number of nitrogens with zero attached hydrogens (tertiary/aromatic N) is 1. The van der Waals surface area contributed by atoms with E-state index in [-0.39, 0.29) is 36.4 Å². The lowest BCUT2D eigenvalue weighted by Gasteiger charge is -2.32. The number of guanidine groups is 1. The Morgan fingerprint density at radius 2 is 1.92 bits per heavy atom. The fourth-order valence-corrected chi connectivity index (χ4v) is 4.78. The molecule has 2 amide bonds. The Hall–Kier alpha value is -3.43. The molecule has 0 bridgehead atoms. The number of carbonyl (C=O) groups is 4. The van der Waals surface area contributed by atoms with Gasteiger partial charge in [0.1, 0.15) is 0 Å². The predicted molar refractivity (Wildman–Crippen MR) is 136 cm³/mol. The second-order valence-electron chi connectivity index (χ2n) is 9.67. The number of benzene rings is 1. The number of anilines is 1. The number of ketones is 1. The van der Waals surface area contributed by atoms with Crippen LogP contribution in [0.4, 0.5) is 5.69 Å². The molecule has 1 unspecified atom stereocenters. The summed E-state index contributed by atoms with van der Waals surface area (Å²) < 4.78 is 4.72. The number of esters is 1. The van der Waals surface area contributed by atoms with Crippen LogP contribution in [0.3, 0.4) is 0 Å². The highest BCUT2D eigenvalue weighted by Crippen LogP contribution is 2.26. The third kappa shape index (κ3) is 7.79. The highest BCUT2D eigenvalue weighted by Gasteiger charge is 2.26. The van der Waals surface area contributed by atoms with Crippen molar-refractivity contribution >= 4 is 35.2 Å². The van der Waals surface area contributed by atoms with Crippen LogP contribution in [0, 0.1) is 17.2 Å². The van der Waals surface area contributed by atoms with E-state index in [4.69, 9.17) is 15.9 Å². The molecule has 1 aromatic rings. The third-order valence-electron chi connectivity index (χ3n) is 7.01. The average molecular weight is 500 g/mol. The van der Waals surface area contributed by atoms with Crippen molar-refractivity contribution in [3.05, 3.63) is 29.3 Å². The third-order valence-corrected chi connectivity index (χ3v) is 7.01. The Bertz CT molecular complexity index is 987. The molecule has 5 N–H and O–H groups in total. The van der Waals surface area contributed by atoms with Crippen molar-refractivity contribution in [2.24, 2.45) is 17.6 Å². The smallest absolute Gasteiger partial charge is 0.309 e. The summed E-state index contributed by atoms with van der Waals surface area (Å²) in [6.45, 7) is 1.95. The summed E-state index contributed by atoms with van der Waals surface area (Å²) in [6, 6.07) is 4.92. The Morgan fingerprint density at radius 1 is 1.17 bits per heavy atom. The number of likely N-dealkylation sites (tertiary alicyclic amines) is 1. The zero-order chi connectivity index (χ0) is 26.1. The van der Waals surface area contributed by atoms with E-state index in [2.05, 4.69) is 10.6 Å². The van der Waals surface area contributed by atoms with Crippen LogP contribution in [0.25, 0.3) is 0 Å². The number of carbonyl (C=O) groups excluding carboxylic acids is 4. The van der Waals surface area contributed by atoms with Gasteiger partial charge >= 0.3 is 5.97 Å². The summed E-state index contributed by atoms with van der Waals surface area (Å²) in [6.07, 6.45) is 4.94. The molecular formula is C26H37N5O5. The maximum atomic E-state index is 13.3. The molecule has 1 aromatic carbocycles. The average Bonchev–Trinajstić information content (AvgIpc) is 2.85. The molecule has 0 radical (unpaired) electrons. The second-order valence-corrected chi connectivity index (χ2v) is 9.67. The first kappa shape index (κ1) is 27.2. The summed E-state index contributed by atoms with van der Waals surface area (Å²) in [5, 5.41) is 13.4. The van der Waals surface area contributed by atoms with E-state index < -0.39 is 11.9 Å². The zero-order valence-corrected chi connectivity index (χ0v) is 20.9. The molecule has 1 saturated heterocycles. The molecular weight excluding hydrogens is 462 g/mol. The number of Topliss-reactive ketones (excluding diaryl/α,β-unsaturated/α-hetero) is 1. The topological polar surface area (TPSA) is 155 Å². The molecule has 2 aliphatic rings. The van der Waals surface area contributed by atoms with Gasteiger partial charge in [-0.05, 0) is 49.3 Å². The number of piperidine rings is 1. The van der Waals surface area contributed by atoms with Gasteiger partial charge in [0.15, 0.2) is 11.7 Å². The summed E-state index contributed by atoms with van der Waals surface area (Å²) in [5.41, 5.74) is 6.89. The number of hydrogen-bond acceptors (Lipinski definition) is 6. The largest absolute Gasteiger partial charge is 0.469 e. The number of methoxy groups -OCH3 is 1. The fourth-order valence-electron chi connectivity index (χ4n) is 4.78. The number of nitrogens with two attached hydrogens (primary N) is 1. The van der Waals surface area contributed by atoms with Crippen LogP contribution < -0.4 is 16.4 Å². The van der Waals surface area contributed by atoms with Crippen molar-refractivity contribution in [1.82, 2.24) is 10.2 Å². The molecule has 196 valence electrons. The lowest BCUT2D eigenvalue weighted by atomic mass is 9.90. The minimum Gasteiger partial charge on any atom is -0.469 e. The van der Waals surface area contributed by atoms with Gasteiger partial charge in [-0.1, -0.05) is 18.9 Å². The van der Waals surface area contributed by atoms with E-state index in [1.165, 1.54) is 7.11 Å². The number of ether oxygens (including phenoxy) is 1. The molecule has 36 heavy (non-hydrogen) atoms. The summed E-state index contributed by atoms with van der Waals surface area (Å²) in [7, 11) is 1.31. The van der Waals surface area contributed by atoms with Gasteiger partial charge in [-0.3, -0.25) is 24.6 Å². The predicted octanol–water partition coefficient (Wildman–Crippen LogP) is 2.22. The van der Waals surface area contributed by atoms with Gasteiger partial charge < -0.3 is 26.0 Å². The van der Waals surface area contributed by atoms with Gasteiger partial charge in [-0.15, -0.1) is 0 Å². The van der Waals surface area contributed by atoms with Crippen LogP contribution in [-0.4, -0.2) is 61.2 Å². The molecule has 3 rings (SSSR count). The molecule has 2 aliphatic heterocycles. The van der Waals surface area contributed by atoms with Gasteiger partial charge in [-0.25, -0.2) is 0 Å². The molecule has 0 spiro atoms. The van der Waals surface area contributed by atoms with E-state index in [1.54, 1.807) is 18.2 Å². The van der Waals surface area contributed by atoms with Crippen LogP contribution in [-0.2, 0) is 25.5 Å². The number of hydrogen-bond donors (Lipinski definition) is 4. The van der Waals surface area contributed by atoms with Crippen LogP contribution in [0.5, 0.6) is 0 Å². The molecule has 0 aromatic heterocycles. The molecule has 1 fully saturated rings. The molecule has 0 aliphatic carbocycles. The number of fused-ring (bicyclic) bond motifs is 1. The zero-order valence-electron chi connectivity index (χ0n) is 20.9. The first-order valence-corrected chi connectivity index (χ1v) is 12.7. The molecule has 10 nitrogen and oxygen atoms in total. The van der Waals surface area contributed by atoms with Crippen LogP contribution in [0.15, 0.2) is 18.2 Å². The van der Waals surface area contributed by atoms with Crippen molar-refractivity contribution in [2.75, 3.05) is 32.1 Å². The van der Waals surface area contributed by atoms with E-state index in [9.17, 15) is 19.2 Å². The lowest BCUT2D eigenvalue weighted by Crippen LogP contribution is -2.44. The van der Waals surface area contributed by atoms with Crippen molar-refractivity contribution in [1.29, 1.82) is 5.41 Å². The van der Waals surface area contributed by atoms with Crippen LogP contribution in [0.1, 0.15) is 67.3 Å². The lowest BCUT2D eigenvalue weighted by molar-refractivity contribution is -0.139. The van der Waals surface area contributed by atoms with E-state index in [0.717, 1.165) is 25.7 Å². The fraction of sp³-hybridized carbons (Fsp3) is 0.577. The van der Waals surface area contributed by atoms with Crippen LogP contribution >= 0.6 is 0 Å². The summed E-state index contributed by atoms with van der Waals surface area (Å²) >= 11 is 0. The quantitative estimate of drug-likeness (QED) is 0.275. The maximum absolute atomic E-state index is 13.3. The van der Waals surface area contributed by atoms with Gasteiger partial charge in [0.05, 0.1) is 19.2 Å². The first-order valence-electron chi connectivity index (χ1n) is 12.7. The molecule has 0 saturated carbocycles. The Balaban J connectivity index is 1.69. The second kappa shape index (κ2) is 13.0. The van der Waals surface area contributed by atoms with E-state index in [0.29, 0.717) is 61.6 Å². The van der Waals surface area contributed by atoms with Gasteiger partial charge in [-0.2, -0.15) is 0 Å². The van der Waals surface area contributed by atoms with Crippen molar-refractivity contribution in [3.63, 3.8) is 0 Å². The normalized spacial score (nSPS) is 19.8. The highest BCUT2D eigenvalue weighted by atomic mass is 16.5. The first-order chi connectivity index (χ1) is 17.3. The number of amides is 2. The Labute approximate surface area is 211 Å². The minimum absolute atomic E-state index is 0.0320. The van der Waals surface area contributed by atoms with E-state index >= 15 is 0 Å². The van der Waals surface area contributed by atoms with Gasteiger partial charge in [0, 0.05) is 44.0 Å². The molecule has 2 heterocycles. The minimum atomic E-state index is -0.451. The Kier molecular flexibility index (Phi) is 9.84.